The molecule has 3 rings (SSSR count). The van der Waals surface area contributed by atoms with Gasteiger partial charge in [0.2, 0.25) is 5.91 Å². The molecule has 4 N–H and O–H groups in total. The Balaban J connectivity index is 1.43. The zero-order valence-corrected chi connectivity index (χ0v) is 15.6. The first-order chi connectivity index (χ1) is 12.7. The smallest absolute Gasteiger partial charge is 0.238 e. The number of benzene rings is 1. The molecule has 8 heteroatoms. The van der Waals surface area contributed by atoms with Gasteiger partial charge in [0.1, 0.15) is 17.9 Å². The number of aromatic nitrogens is 1. The van der Waals surface area contributed by atoms with Crippen molar-refractivity contribution in [2.45, 2.75) is 18.5 Å². The number of hydrazine groups is 1. The first kappa shape index (κ1) is 18.3. The van der Waals surface area contributed by atoms with E-state index in [9.17, 15) is 4.79 Å². The molecule has 1 aromatic heterocycles. The van der Waals surface area contributed by atoms with E-state index in [1.165, 1.54) is 0 Å². The minimum Gasteiger partial charge on any atom is -0.367 e. The first-order valence-corrected chi connectivity index (χ1v) is 9.10. The zero-order valence-electron chi connectivity index (χ0n) is 14.0. The Bertz CT molecular complexity index is 804. The number of nitrogens with one attached hydrogen (secondary N) is 4. The number of carbonyl (C=O) groups is 1. The molecule has 0 aliphatic carbocycles. The summed E-state index contributed by atoms with van der Waals surface area (Å²) in [6.07, 6.45) is 2.30. The summed E-state index contributed by atoms with van der Waals surface area (Å²) < 4.78 is 1.03. The molecule has 134 valence electrons. The van der Waals surface area contributed by atoms with E-state index in [0.29, 0.717) is 30.9 Å². The Kier molecular flexibility index (Phi) is 6.17. The minimum atomic E-state index is -0.284. The van der Waals surface area contributed by atoms with Crippen molar-refractivity contribution in [3.8, 4) is 6.07 Å². The third kappa shape index (κ3) is 4.58. The van der Waals surface area contributed by atoms with Crippen LogP contribution in [0.1, 0.15) is 23.6 Å². The van der Waals surface area contributed by atoms with Crippen molar-refractivity contribution in [1.82, 2.24) is 21.2 Å². The Morgan fingerprint density at radius 3 is 2.85 bits per heavy atom. The minimum absolute atomic E-state index is 0.0551. The highest BCUT2D eigenvalue weighted by molar-refractivity contribution is 9.10. The van der Waals surface area contributed by atoms with E-state index in [4.69, 9.17) is 5.26 Å². The van der Waals surface area contributed by atoms with Gasteiger partial charge in [-0.15, -0.1) is 0 Å². The molecule has 1 aliphatic rings. The molecule has 1 aromatic carbocycles. The lowest BCUT2D eigenvalue weighted by molar-refractivity contribution is -0.122. The van der Waals surface area contributed by atoms with E-state index >= 15 is 0 Å². The topological polar surface area (TPSA) is 102 Å². The predicted molar refractivity (Wildman–Crippen MR) is 102 cm³/mol. The Labute approximate surface area is 160 Å². The van der Waals surface area contributed by atoms with E-state index in [-0.39, 0.29) is 18.0 Å². The molecule has 2 heterocycles. The van der Waals surface area contributed by atoms with Crippen molar-refractivity contribution < 1.29 is 4.79 Å². The molecule has 0 saturated carbocycles. The van der Waals surface area contributed by atoms with E-state index in [2.05, 4.69) is 48.5 Å². The number of hydrogen-bond donors (Lipinski definition) is 4. The SMILES string of the molecule is N#Cc1cccnc1NCCNC(=O)C1CC(c2ccc(Br)cc2)NN1. The number of rotatable bonds is 6. The number of nitrogens with zero attached hydrogens (tertiary/aromatic N) is 2. The van der Waals surface area contributed by atoms with Crippen molar-refractivity contribution in [3.63, 3.8) is 0 Å². The highest BCUT2D eigenvalue weighted by Gasteiger charge is 2.29. The van der Waals surface area contributed by atoms with Crippen LogP contribution in [0.15, 0.2) is 47.1 Å². The van der Waals surface area contributed by atoms with Crippen LogP contribution in [0.4, 0.5) is 5.82 Å². The fraction of sp³-hybridized carbons (Fsp3) is 0.278. The average molecular weight is 415 g/mol. The summed E-state index contributed by atoms with van der Waals surface area (Å²) in [5.41, 5.74) is 7.83. The molecule has 1 saturated heterocycles. The van der Waals surface area contributed by atoms with Crippen molar-refractivity contribution in [1.29, 1.82) is 5.26 Å². The number of amides is 1. The fourth-order valence-corrected chi connectivity index (χ4v) is 3.03. The Hall–Kier alpha value is -2.47. The first-order valence-electron chi connectivity index (χ1n) is 8.30. The van der Waals surface area contributed by atoms with Crippen LogP contribution in [0.2, 0.25) is 0 Å². The van der Waals surface area contributed by atoms with Crippen LogP contribution >= 0.6 is 15.9 Å². The lowest BCUT2D eigenvalue weighted by Gasteiger charge is -2.12. The summed E-state index contributed by atoms with van der Waals surface area (Å²) >= 11 is 3.42. The number of halogens is 1. The third-order valence-electron chi connectivity index (χ3n) is 4.14. The van der Waals surface area contributed by atoms with Crippen LogP contribution in [0.3, 0.4) is 0 Å². The summed E-state index contributed by atoms with van der Waals surface area (Å²) in [7, 11) is 0. The van der Waals surface area contributed by atoms with Crippen molar-refractivity contribution in [2.24, 2.45) is 0 Å². The van der Waals surface area contributed by atoms with Gasteiger partial charge < -0.3 is 10.6 Å². The standard InChI is InChI=1S/C18H19BrN6O/c19-14-5-3-12(4-6-14)15-10-16(25-24-15)18(26)23-9-8-22-17-13(11-20)2-1-7-21-17/h1-7,15-16,24-25H,8-10H2,(H,21,22)(H,23,26). The molecule has 0 radical (unpaired) electrons. The molecule has 1 amide bonds. The lowest BCUT2D eigenvalue weighted by atomic mass is 10.0. The maximum absolute atomic E-state index is 12.3. The highest BCUT2D eigenvalue weighted by atomic mass is 79.9. The van der Waals surface area contributed by atoms with Crippen LogP contribution in [0, 0.1) is 11.3 Å². The molecular weight excluding hydrogens is 396 g/mol. The predicted octanol–water partition coefficient (Wildman–Crippen LogP) is 1.85. The van der Waals surface area contributed by atoms with Crippen molar-refractivity contribution >= 4 is 27.7 Å². The molecule has 2 aromatic rings. The fourth-order valence-electron chi connectivity index (χ4n) is 2.77. The van der Waals surface area contributed by atoms with E-state index in [1.807, 2.05) is 24.3 Å². The summed E-state index contributed by atoms with van der Waals surface area (Å²) in [5, 5.41) is 15.0. The van der Waals surface area contributed by atoms with Crippen LogP contribution in [0.25, 0.3) is 0 Å². The van der Waals surface area contributed by atoms with Gasteiger partial charge >= 0.3 is 0 Å². The summed E-state index contributed by atoms with van der Waals surface area (Å²) in [4.78, 5) is 16.4. The maximum Gasteiger partial charge on any atom is 0.238 e. The normalized spacial score (nSPS) is 18.9. The average Bonchev–Trinajstić information content (AvgIpc) is 3.16. The Morgan fingerprint density at radius 1 is 1.27 bits per heavy atom. The molecule has 7 nitrogen and oxygen atoms in total. The molecule has 26 heavy (non-hydrogen) atoms. The van der Waals surface area contributed by atoms with Crippen molar-refractivity contribution in [2.75, 3.05) is 18.4 Å². The van der Waals surface area contributed by atoms with Gasteiger partial charge in [-0.2, -0.15) is 5.26 Å². The summed E-state index contributed by atoms with van der Waals surface area (Å²) in [5.74, 6) is 0.473. The van der Waals surface area contributed by atoms with Crippen LogP contribution in [-0.4, -0.2) is 30.0 Å². The van der Waals surface area contributed by atoms with Gasteiger partial charge in [-0.25, -0.2) is 15.8 Å². The lowest BCUT2D eigenvalue weighted by Crippen LogP contribution is -2.44. The number of pyridine rings is 1. The number of hydrogen-bond acceptors (Lipinski definition) is 6. The molecule has 1 fully saturated rings. The molecule has 0 bridgehead atoms. The maximum atomic E-state index is 12.3. The molecule has 2 unspecified atom stereocenters. The Morgan fingerprint density at radius 2 is 2.08 bits per heavy atom. The van der Waals surface area contributed by atoms with Crippen molar-refractivity contribution in [3.05, 3.63) is 58.2 Å². The van der Waals surface area contributed by atoms with Gasteiger partial charge in [0, 0.05) is 29.8 Å². The van der Waals surface area contributed by atoms with Crippen LogP contribution in [0.5, 0.6) is 0 Å². The van der Waals surface area contributed by atoms with Crippen LogP contribution in [-0.2, 0) is 4.79 Å². The van der Waals surface area contributed by atoms with E-state index in [1.54, 1.807) is 18.3 Å². The number of carbonyl (C=O) groups excluding carboxylic acids is 1. The largest absolute Gasteiger partial charge is 0.367 e. The van der Waals surface area contributed by atoms with Crippen LogP contribution < -0.4 is 21.5 Å². The monoisotopic (exact) mass is 414 g/mol. The second-order valence-electron chi connectivity index (χ2n) is 5.91. The van der Waals surface area contributed by atoms with Gasteiger partial charge in [0.15, 0.2) is 0 Å². The van der Waals surface area contributed by atoms with Gasteiger partial charge in [0.25, 0.3) is 0 Å². The molecular formula is C18H19BrN6O. The number of anilines is 1. The van der Waals surface area contributed by atoms with Gasteiger partial charge in [0.05, 0.1) is 5.56 Å². The molecule has 0 spiro atoms. The summed E-state index contributed by atoms with van der Waals surface area (Å²) in [6.45, 7) is 0.940. The summed E-state index contributed by atoms with van der Waals surface area (Å²) in [6, 6.07) is 13.4. The third-order valence-corrected chi connectivity index (χ3v) is 4.67. The highest BCUT2D eigenvalue weighted by Crippen LogP contribution is 2.23. The van der Waals surface area contributed by atoms with E-state index in [0.717, 1.165) is 10.0 Å². The van der Waals surface area contributed by atoms with Gasteiger partial charge in [-0.05, 0) is 36.2 Å². The van der Waals surface area contributed by atoms with E-state index < -0.39 is 0 Å². The molecule has 1 aliphatic heterocycles. The quantitative estimate of drug-likeness (QED) is 0.538. The molecule has 2 atom stereocenters. The van der Waals surface area contributed by atoms with Gasteiger partial charge in [-0.3, -0.25) is 4.79 Å². The zero-order chi connectivity index (χ0) is 18.4. The number of nitriles is 1. The second-order valence-corrected chi connectivity index (χ2v) is 6.83. The second kappa shape index (κ2) is 8.76. The van der Waals surface area contributed by atoms with Gasteiger partial charge in [-0.1, -0.05) is 28.1 Å².